The molecule has 0 aliphatic carbocycles. The summed E-state index contributed by atoms with van der Waals surface area (Å²) in [6, 6.07) is 2.13. The van der Waals surface area contributed by atoms with E-state index in [4.69, 9.17) is 5.26 Å². The van der Waals surface area contributed by atoms with E-state index in [1.54, 1.807) is 6.07 Å². The monoisotopic (exact) mass is 277 g/mol. The van der Waals surface area contributed by atoms with Gasteiger partial charge in [-0.15, -0.1) is 13.2 Å². The van der Waals surface area contributed by atoms with Gasteiger partial charge in [-0.2, -0.15) is 5.26 Å². The van der Waals surface area contributed by atoms with Gasteiger partial charge in [-0.25, -0.2) is 4.98 Å². The summed E-state index contributed by atoms with van der Waals surface area (Å²) >= 11 is 0. The maximum absolute atomic E-state index is 12.1. The molecule has 0 saturated heterocycles. The topological polar surface area (TPSA) is 98.3 Å². The number of methoxy groups -OCH3 is 1. The highest BCUT2D eigenvalue weighted by atomic mass is 19.4. The third-order valence-electron chi connectivity index (χ3n) is 1.87. The van der Waals surface area contributed by atoms with Crippen molar-refractivity contribution in [3.63, 3.8) is 0 Å². The fourth-order valence-corrected chi connectivity index (χ4v) is 1.21. The Morgan fingerprint density at radius 2 is 2.21 bits per heavy atom. The average Bonchev–Trinajstić information content (AvgIpc) is 2.28. The van der Waals surface area contributed by atoms with Gasteiger partial charge in [0.15, 0.2) is 5.75 Å². The zero-order valence-electron chi connectivity index (χ0n) is 9.39. The first-order valence-electron chi connectivity index (χ1n) is 4.63. The number of nitriles is 1. The molecule has 0 aromatic carbocycles. The lowest BCUT2D eigenvalue weighted by molar-refractivity contribution is -0.386. The molecule has 0 spiro atoms. The van der Waals surface area contributed by atoms with Gasteiger partial charge in [-0.1, -0.05) is 0 Å². The normalized spacial score (nSPS) is 10.7. The van der Waals surface area contributed by atoms with Crippen molar-refractivity contribution in [2.24, 2.45) is 0 Å². The van der Waals surface area contributed by atoms with E-state index in [-0.39, 0.29) is 5.69 Å². The second-order valence-electron chi connectivity index (χ2n) is 3.10. The molecular weight excluding hydrogens is 271 g/mol. The van der Waals surface area contributed by atoms with Gasteiger partial charge < -0.3 is 9.47 Å². The van der Waals surface area contributed by atoms with Crippen LogP contribution in [0.2, 0.25) is 0 Å². The van der Waals surface area contributed by atoms with Crippen molar-refractivity contribution >= 4 is 5.69 Å². The van der Waals surface area contributed by atoms with Crippen LogP contribution < -0.4 is 9.47 Å². The number of nitro groups is 1. The van der Waals surface area contributed by atoms with Crippen LogP contribution >= 0.6 is 0 Å². The molecule has 102 valence electrons. The summed E-state index contributed by atoms with van der Waals surface area (Å²) in [5.41, 5.74) is -1.06. The summed E-state index contributed by atoms with van der Waals surface area (Å²) in [7, 11) is 1.02. The molecule has 1 heterocycles. The fourth-order valence-electron chi connectivity index (χ4n) is 1.21. The first-order valence-corrected chi connectivity index (χ1v) is 4.63. The zero-order chi connectivity index (χ0) is 14.6. The summed E-state index contributed by atoms with van der Waals surface area (Å²) < 4.78 is 44.5. The van der Waals surface area contributed by atoms with Crippen LogP contribution in [0.15, 0.2) is 6.07 Å². The number of rotatable bonds is 4. The van der Waals surface area contributed by atoms with E-state index in [9.17, 15) is 23.3 Å². The number of hydrogen-bond donors (Lipinski definition) is 0. The number of alkyl halides is 3. The van der Waals surface area contributed by atoms with Gasteiger partial charge in [0.1, 0.15) is 5.69 Å². The highest BCUT2D eigenvalue weighted by Crippen LogP contribution is 2.35. The van der Waals surface area contributed by atoms with E-state index in [0.717, 1.165) is 7.11 Å². The van der Waals surface area contributed by atoms with Crippen molar-refractivity contribution in [3.05, 3.63) is 21.9 Å². The van der Waals surface area contributed by atoms with Gasteiger partial charge in [0.25, 0.3) is 11.6 Å². The molecule has 0 radical (unpaired) electrons. The van der Waals surface area contributed by atoms with Gasteiger partial charge in [-0.05, 0) is 0 Å². The lowest BCUT2D eigenvalue weighted by atomic mass is 10.2. The SMILES string of the molecule is COc1nc(CC#N)c([N+](=O)[O-])cc1OC(F)(F)F. The van der Waals surface area contributed by atoms with Crippen molar-refractivity contribution in [1.29, 1.82) is 5.26 Å². The average molecular weight is 277 g/mol. The Balaban J connectivity index is 3.36. The molecule has 19 heavy (non-hydrogen) atoms. The van der Waals surface area contributed by atoms with Crippen LogP contribution in [0.4, 0.5) is 18.9 Å². The molecule has 1 rings (SSSR count). The van der Waals surface area contributed by atoms with Crippen LogP contribution in [0.25, 0.3) is 0 Å². The molecule has 1 aromatic heterocycles. The number of aromatic nitrogens is 1. The van der Waals surface area contributed by atoms with Gasteiger partial charge in [0.05, 0.1) is 30.6 Å². The largest absolute Gasteiger partial charge is 0.573 e. The summed E-state index contributed by atoms with van der Waals surface area (Å²) in [5, 5.41) is 19.2. The van der Waals surface area contributed by atoms with Crippen LogP contribution in [0.3, 0.4) is 0 Å². The molecule has 0 aliphatic rings. The van der Waals surface area contributed by atoms with Crippen molar-refractivity contribution < 1.29 is 27.6 Å². The maximum atomic E-state index is 12.1. The third-order valence-corrected chi connectivity index (χ3v) is 1.87. The number of nitrogens with zero attached hydrogens (tertiary/aromatic N) is 3. The van der Waals surface area contributed by atoms with Crippen LogP contribution in [-0.2, 0) is 6.42 Å². The summed E-state index contributed by atoms with van der Waals surface area (Å²) in [4.78, 5) is 13.2. The van der Waals surface area contributed by atoms with E-state index >= 15 is 0 Å². The Kier molecular flexibility index (Phi) is 4.11. The molecule has 0 amide bonds. The lowest BCUT2D eigenvalue weighted by Gasteiger charge is -2.12. The predicted molar refractivity (Wildman–Crippen MR) is 53.4 cm³/mol. The molecular formula is C9H6F3N3O4. The third kappa shape index (κ3) is 3.70. The highest BCUT2D eigenvalue weighted by Gasteiger charge is 2.34. The van der Waals surface area contributed by atoms with E-state index in [2.05, 4.69) is 14.5 Å². The Morgan fingerprint density at radius 3 is 2.63 bits per heavy atom. The molecule has 0 unspecified atom stereocenters. The zero-order valence-corrected chi connectivity index (χ0v) is 9.39. The highest BCUT2D eigenvalue weighted by molar-refractivity contribution is 5.48. The Labute approximate surface area is 104 Å². The van der Waals surface area contributed by atoms with Gasteiger partial charge in [0.2, 0.25) is 0 Å². The Hall–Kier alpha value is -2.57. The predicted octanol–water partition coefficient (Wildman–Crippen LogP) is 1.96. The van der Waals surface area contributed by atoms with Gasteiger partial charge >= 0.3 is 6.36 Å². The van der Waals surface area contributed by atoms with Crippen LogP contribution in [0.1, 0.15) is 5.69 Å². The standard InChI is InChI=1S/C9H6F3N3O4/c1-18-8-7(19-9(10,11)12)4-6(15(16)17)5(14-8)2-3-13/h4H,2H2,1H3. The molecule has 0 N–H and O–H groups in total. The molecule has 10 heteroatoms. The van der Waals surface area contributed by atoms with E-state index in [1.807, 2.05) is 0 Å². The van der Waals surface area contributed by atoms with E-state index in [1.165, 1.54) is 0 Å². The minimum Gasteiger partial charge on any atom is -0.478 e. The Bertz CT molecular complexity index is 539. The summed E-state index contributed by atoms with van der Waals surface area (Å²) in [6.07, 6.45) is -5.49. The van der Waals surface area contributed by atoms with Crippen LogP contribution in [0, 0.1) is 21.4 Å². The second kappa shape index (κ2) is 5.38. The quantitative estimate of drug-likeness (QED) is 0.616. The van der Waals surface area contributed by atoms with Crippen molar-refractivity contribution in [1.82, 2.24) is 4.98 Å². The molecule has 1 aromatic rings. The van der Waals surface area contributed by atoms with Crippen molar-refractivity contribution in [2.75, 3.05) is 7.11 Å². The number of pyridine rings is 1. The molecule has 0 bridgehead atoms. The minimum atomic E-state index is -5.04. The lowest BCUT2D eigenvalue weighted by Crippen LogP contribution is -2.18. The summed E-state index contributed by atoms with van der Waals surface area (Å²) in [5.74, 6) is -1.53. The second-order valence-corrected chi connectivity index (χ2v) is 3.10. The minimum absolute atomic E-state index is 0.307. The first kappa shape index (κ1) is 14.5. The van der Waals surface area contributed by atoms with E-state index < -0.39 is 35.0 Å². The molecule has 0 atom stereocenters. The summed E-state index contributed by atoms with van der Waals surface area (Å²) in [6.45, 7) is 0. The fraction of sp³-hybridized carbons (Fsp3) is 0.333. The number of ether oxygens (including phenoxy) is 2. The molecule has 7 nitrogen and oxygen atoms in total. The van der Waals surface area contributed by atoms with Crippen LogP contribution in [0.5, 0.6) is 11.6 Å². The number of hydrogen-bond acceptors (Lipinski definition) is 6. The molecule has 0 saturated carbocycles. The smallest absolute Gasteiger partial charge is 0.478 e. The number of halogens is 3. The first-order chi connectivity index (χ1) is 8.78. The van der Waals surface area contributed by atoms with E-state index in [0.29, 0.717) is 6.07 Å². The maximum Gasteiger partial charge on any atom is 0.573 e. The Morgan fingerprint density at radius 1 is 1.58 bits per heavy atom. The van der Waals surface area contributed by atoms with Crippen molar-refractivity contribution in [2.45, 2.75) is 12.8 Å². The van der Waals surface area contributed by atoms with Gasteiger partial charge in [-0.3, -0.25) is 10.1 Å². The molecule has 0 fully saturated rings. The van der Waals surface area contributed by atoms with Crippen molar-refractivity contribution in [3.8, 4) is 17.7 Å². The van der Waals surface area contributed by atoms with Crippen LogP contribution in [-0.4, -0.2) is 23.4 Å². The van der Waals surface area contributed by atoms with Gasteiger partial charge in [0, 0.05) is 0 Å². The molecule has 0 aliphatic heterocycles.